The second-order valence-corrected chi connectivity index (χ2v) is 8.61. The molecule has 0 bridgehead atoms. The third-order valence-corrected chi connectivity index (χ3v) is 6.18. The first-order valence-electron chi connectivity index (χ1n) is 11.2. The molecule has 1 saturated carbocycles. The van der Waals surface area contributed by atoms with Gasteiger partial charge in [-0.3, -0.25) is 14.3 Å². The van der Waals surface area contributed by atoms with E-state index in [2.05, 4.69) is 10.00 Å². The normalized spacial score (nSPS) is 19.6. The van der Waals surface area contributed by atoms with E-state index in [1.807, 2.05) is 6.92 Å². The van der Waals surface area contributed by atoms with E-state index in [9.17, 15) is 9.59 Å². The third-order valence-electron chi connectivity index (χ3n) is 6.18. The van der Waals surface area contributed by atoms with E-state index in [4.69, 9.17) is 9.84 Å². The maximum atomic E-state index is 12.8. The number of carbonyl (C=O) groups is 2. The van der Waals surface area contributed by atoms with E-state index >= 15 is 0 Å². The quantitative estimate of drug-likeness (QED) is 0.674. The lowest BCUT2D eigenvalue weighted by Crippen LogP contribution is -2.37. The Morgan fingerprint density at radius 2 is 1.97 bits per heavy atom. The molecular formula is C22H36N4O3. The van der Waals surface area contributed by atoms with Gasteiger partial charge in [-0.15, -0.1) is 0 Å². The van der Waals surface area contributed by atoms with Crippen LogP contribution in [0.4, 0.5) is 0 Å². The molecule has 7 nitrogen and oxygen atoms in total. The van der Waals surface area contributed by atoms with E-state index in [-0.39, 0.29) is 17.9 Å². The molecule has 1 unspecified atom stereocenters. The second-order valence-electron chi connectivity index (χ2n) is 8.61. The minimum absolute atomic E-state index is 0.0178. The van der Waals surface area contributed by atoms with Gasteiger partial charge in [0.25, 0.3) is 5.91 Å². The molecule has 0 aromatic carbocycles. The van der Waals surface area contributed by atoms with Crippen LogP contribution < -0.4 is 5.32 Å². The summed E-state index contributed by atoms with van der Waals surface area (Å²) in [6.45, 7) is 3.78. The number of nitrogens with zero attached hydrogens (tertiary/aromatic N) is 3. The summed E-state index contributed by atoms with van der Waals surface area (Å²) >= 11 is 0. The standard InChI is InChI=1S/C22H36N4O3/c1-4-29-20(27)12-13-23-17-10-11-19-18(14-17)21(22(28)25(2)3)24-26(19)15-16-8-6-5-7-9-16/h16-17,23H,4-15H2,1-3H3. The molecule has 0 spiro atoms. The van der Waals surface area contributed by atoms with Gasteiger partial charge in [0.05, 0.1) is 13.0 Å². The topological polar surface area (TPSA) is 76.5 Å². The van der Waals surface area contributed by atoms with Crippen LogP contribution in [0.3, 0.4) is 0 Å². The van der Waals surface area contributed by atoms with Crippen molar-refractivity contribution in [2.75, 3.05) is 27.2 Å². The smallest absolute Gasteiger partial charge is 0.307 e. The summed E-state index contributed by atoms with van der Waals surface area (Å²) < 4.78 is 7.13. The van der Waals surface area contributed by atoms with Gasteiger partial charge in [0.2, 0.25) is 0 Å². The van der Waals surface area contributed by atoms with E-state index in [0.717, 1.165) is 31.4 Å². The van der Waals surface area contributed by atoms with Crippen LogP contribution >= 0.6 is 0 Å². The van der Waals surface area contributed by atoms with E-state index in [0.29, 0.717) is 31.2 Å². The molecule has 0 aliphatic heterocycles. The molecule has 29 heavy (non-hydrogen) atoms. The van der Waals surface area contributed by atoms with Crippen LogP contribution in [-0.4, -0.2) is 59.8 Å². The van der Waals surface area contributed by atoms with Crippen LogP contribution in [0.5, 0.6) is 0 Å². The Balaban J connectivity index is 1.70. The van der Waals surface area contributed by atoms with Crippen molar-refractivity contribution in [3.8, 4) is 0 Å². The van der Waals surface area contributed by atoms with Gasteiger partial charge < -0.3 is 15.0 Å². The third kappa shape index (κ3) is 5.59. The van der Waals surface area contributed by atoms with Crippen molar-refractivity contribution in [2.45, 2.75) is 77.3 Å². The SMILES string of the molecule is CCOC(=O)CCNC1CCc2c(c(C(=O)N(C)C)nn2CC2CCCCC2)C1. The summed E-state index contributed by atoms with van der Waals surface area (Å²) in [6, 6.07) is 0.262. The van der Waals surface area contributed by atoms with Gasteiger partial charge in [-0.1, -0.05) is 19.3 Å². The summed E-state index contributed by atoms with van der Waals surface area (Å²) in [4.78, 5) is 26.0. The Kier molecular flexibility index (Phi) is 7.70. The van der Waals surface area contributed by atoms with Crippen LogP contribution in [0, 0.1) is 5.92 Å². The molecule has 1 amide bonds. The Bertz CT molecular complexity index is 707. The van der Waals surface area contributed by atoms with Crippen LogP contribution in [0.25, 0.3) is 0 Å². The summed E-state index contributed by atoms with van der Waals surface area (Å²) in [7, 11) is 3.57. The molecule has 1 N–H and O–H groups in total. The molecule has 2 aliphatic carbocycles. The van der Waals surface area contributed by atoms with Crippen molar-refractivity contribution in [3.05, 3.63) is 17.0 Å². The second kappa shape index (κ2) is 10.2. The van der Waals surface area contributed by atoms with Crippen molar-refractivity contribution < 1.29 is 14.3 Å². The highest BCUT2D eigenvalue weighted by Gasteiger charge is 2.30. The number of ether oxygens (including phenoxy) is 1. The molecule has 1 heterocycles. The Morgan fingerprint density at radius 1 is 1.21 bits per heavy atom. The lowest BCUT2D eigenvalue weighted by atomic mass is 9.88. The minimum Gasteiger partial charge on any atom is -0.466 e. The Morgan fingerprint density at radius 3 is 2.66 bits per heavy atom. The lowest BCUT2D eigenvalue weighted by Gasteiger charge is -2.26. The number of amides is 1. The van der Waals surface area contributed by atoms with Crippen molar-refractivity contribution in [1.82, 2.24) is 20.0 Å². The van der Waals surface area contributed by atoms with Crippen molar-refractivity contribution in [1.29, 1.82) is 0 Å². The average Bonchev–Trinajstić information content (AvgIpc) is 3.06. The maximum Gasteiger partial charge on any atom is 0.307 e. The Hall–Kier alpha value is -1.89. The fourth-order valence-corrected chi connectivity index (χ4v) is 4.62. The Labute approximate surface area is 174 Å². The van der Waals surface area contributed by atoms with Crippen LogP contribution in [0.15, 0.2) is 0 Å². The molecule has 0 radical (unpaired) electrons. The largest absolute Gasteiger partial charge is 0.466 e. The van der Waals surface area contributed by atoms with E-state index in [1.165, 1.54) is 37.8 Å². The van der Waals surface area contributed by atoms with Gasteiger partial charge in [0.15, 0.2) is 5.69 Å². The predicted octanol–water partition coefficient (Wildman–Crippen LogP) is 2.57. The predicted molar refractivity (Wildman–Crippen MR) is 112 cm³/mol. The van der Waals surface area contributed by atoms with Crippen LogP contribution in [0.1, 0.15) is 73.6 Å². The monoisotopic (exact) mass is 404 g/mol. The molecule has 7 heteroatoms. The van der Waals surface area contributed by atoms with Gasteiger partial charge in [-0.2, -0.15) is 5.10 Å². The minimum atomic E-state index is -0.166. The number of hydrogen-bond donors (Lipinski definition) is 1. The van der Waals surface area contributed by atoms with Gasteiger partial charge in [-0.25, -0.2) is 0 Å². The zero-order chi connectivity index (χ0) is 20.8. The van der Waals surface area contributed by atoms with E-state index < -0.39 is 0 Å². The van der Waals surface area contributed by atoms with Crippen LogP contribution in [-0.2, 0) is 28.9 Å². The fourth-order valence-electron chi connectivity index (χ4n) is 4.62. The number of fused-ring (bicyclic) bond motifs is 1. The number of nitrogens with one attached hydrogen (secondary N) is 1. The highest BCUT2D eigenvalue weighted by atomic mass is 16.5. The number of carbonyl (C=O) groups excluding carboxylic acids is 2. The lowest BCUT2D eigenvalue weighted by molar-refractivity contribution is -0.143. The van der Waals surface area contributed by atoms with Gasteiger partial charge >= 0.3 is 5.97 Å². The highest BCUT2D eigenvalue weighted by molar-refractivity contribution is 5.93. The number of rotatable bonds is 8. The molecule has 2 aliphatic rings. The van der Waals surface area contributed by atoms with Crippen LogP contribution in [0.2, 0.25) is 0 Å². The first-order valence-corrected chi connectivity index (χ1v) is 11.2. The maximum absolute atomic E-state index is 12.8. The van der Waals surface area contributed by atoms with E-state index in [1.54, 1.807) is 19.0 Å². The van der Waals surface area contributed by atoms with Crippen molar-refractivity contribution in [2.24, 2.45) is 5.92 Å². The van der Waals surface area contributed by atoms with Crippen molar-refractivity contribution >= 4 is 11.9 Å². The van der Waals surface area contributed by atoms with Gasteiger partial charge in [-0.05, 0) is 44.9 Å². The number of hydrogen-bond acceptors (Lipinski definition) is 5. The van der Waals surface area contributed by atoms with Gasteiger partial charge in [0, 0.05) is 44.5 Å². The molecule has 162 valence electrons. The first-order chi connectivity index (χ1) is 14.0. The van der Waals surface area contributed by atoms with Gasteiger partial charge in [0.1, 0.15) is 0 Å². The molecular weight excluding hydrogens is 368 g/mol. The number of esters is 1. The summed E-state index contributed by atoms with van der Waals surface area (Å²) in [5.74, 6) is 0.492. The molecule has 0 saturated heterocycles. The molecule has 1 atom stereocenters. The fraction of sp³-hybridized carbons (Fsp3) is 0.773. The molecule has 1 aromatic rings. The zero-order valence-corrected chi connectivity index (χ0v) is 18.2. The zero-order valence-electron chi connectivity index (χ0n) is 18.2. The number of aromatic nitrogens is 2. The average molecular weight is 405 g/mol. The molecule has 1 aromatic heterocycles. The van der Waals surface area contributed by atoms with Crippen molar-refractivity contribution in [3.63, 3.8) is 0 Å². The molecule has 3 rings (SSSR count). The highest BCUT2D eigenvalue weighted by Crippen LogP contribution is 2.29. The summed E-state index contributed by atoms with van der Waals surface area (Å²) in [5.41, 5.74) is 2.95. The summed E-state index contributed by atoms with van der Waals surface area (Å²) in [5, 5.41) is 8.27. The summed E-state index contributed by atoms with van der Waals surface area (Å²) in [6.07, 6.45) is 9.59. The first kappa shape index (κ1) is 21.8. The molecule has 1 fully saturated rings.